The van der Waals surface area contributed by atoms with E-state index in [0.717, 1.165) is 24.0 Å². The maximum absolute atomic E-state index is 12.0. The van der Waals surface area contributed by atoms with Crippen molar-refractivity contribution in [1.82, 2.24) is 5.32 Å². The van der Waals surface area contributed by atoms with Crippen LogP contribution in [0.2, 0.25) is 0 Å². The van der Waals surface area contributed by atoms with E-state index in [0.29, 0.717) is 5.71 Å². The van der Waals surface area contributed by atoms with E-state index in [1.807, 2.05) is 42.5 Å². The molecule has 2 rings (SSSR count). The number of likely N-dealkylation sites (N-methyl/N-ethyl adjacent to an activating group) is 1. The van der Waals surface area contributed by atoms with Crippen molar-refractivity contribution in [2.45, 2.75) is 12.8 Å². The summed E-state index contributed by atoms with van der Waals surface area (Å²) in [5.74, 6) is -0.256. The fourth-order valence-corrected chi connectivity index (χ4v) is 2.32. The summed E-state index contributed by atoms with van der Waals surface area (Å²) in [5.41, 5.74) is 3.45. The molecule has 0 unspecified atom stereocenters. The second-order valence-corrected chi connectivity index (χ2v) is 4.84. The van der Waals surface area contributed by atoms with Crippen molar-refractivity contribution in [3.05, 3.63) is 71.3 Å². The molecule has 0 bridgehead atoms. The van der Waals surface area contributed by atoms with Gasteiger partial charge in [0.05, 0.1) is 0 Å². The van der Waals surface area contributed by atoms with Gasteiger partial charge in [0.2, 0.25) is 0 Å². The number of hydrogen-bond acceptors (Lipinski definition) is 3. The van der Waals surface area contributed by atoms with Crippen LogP contribution in [-0.2, 0) is 22.5 Å². The second kappa shape index (κ2) is 7.98. The summed E-state index contributed by atoms with van der Waals surface area (Å²) < 4.78 is 0. The zero-order valence-corrected chi connectivity index (χ0v) is 12.9. The van der Waals surface area contributed by atoms with Gasteiger partial charge in [0, 0.05) is 12.6 Å². The third-order valence-electron chi connectivity index (χ3n) is 3.42. The average molecular weight is 296 g/mol. The fourth-order valence-electron chi connectivity index (χ4n) is 2.32. The van der Waals surface area contributed by atoms with Crippen LogP contribution in [0.5, 0.6) is 0 Å². The monoisotopic (exact) mass is 296 g/mol. The Labute approximate surface area is 130 Å². The maximum atomic E-state index is 12.0. The van der Waals surface area contributed by atoms with E-state index < -0.39 is 0 Å². The highest BCUT2D eigenvalue weighted by molar-refractivity contribution is 6.45. The van der Waals surface area contributed by atoms with Gasteiger partial charge in [0.25, 0.3) is 5.91 Å². The number of hydrogen-bond donors (Lipinski definition) is 1. The first-order valence-electron chi connectivity index (χ1n) is 7.21. The molecule has 0 atom stereocenters. The first kappa shape index (κ1) is 15.8. The Balaban J connectivity index is 2.26. The van der Waals surface area contributed by atoms with E-state index in [1.54, 1.807) is 7.05 Å². The van der Waals surface area contributed by atoms with Crippen molar-refractivity contribution in [2.24, 2.45) is 5.16 Å². The molecule has 1 N–H and O–H groups in total. The summed E-state index contributed by atoms with van der Waals surface area (Å²) >= 11 is 0. The number of amides is 1. The highest BCUT2D eigenvalue weighted by Gasteiger charge is 2.16. The molecule has 0 heterocycles. The molecule has 2 aromatic carbocycles. The van der Waals surface area contributed by atoms with Crippen LogP contribution in [0.25, 0.3) is 0 Å². The number of nitrogens with one attached hydrogen (secondary N) is 1. The van der Waals surface area contributed by atoms with Gasteiger partial charge in [-0.3, -0.25) is 4.79 Å². The van der Waals surface area contributed by atoms with Crippen LogP contribution in [0.15, 0.2) is 59.8 Å². The minimum absolute atomic E-state index is 0.256. The lowest BCUT2D eigenvalue weighted by Crippen LogP contribution is -2.29. The molecule has 0 aromatic heterocycles. The summed E-state index contributed by atoms with van der Waals surface area (Å²) in [6.45, 7) is 0. The standard InChI is InChI=1S/C18H20N2O2/c1-19-18(21)17(20-22-2)16-11-7-6-10-15(16)13-12-14-8-4-3-5-9-14/h3-11H,12-13H2,1-2H3,(H,19,21)/b20-17-. The van der Waals surface area contributed by atoms with Gasteiger partial charge in [0.15, 0.2) is 5.71 Å². The molecule has 4 heteroatoms. The Morgan fingerprint density at radius 1 is 1.05 bits per heavy atom. The number of aryl methyl sites for hydroxylation is 2. The van der Waals surface area contributed by atoms with Crippen LogP contribution in [0.3, 0.4) is 0 Å². The quantitative estimate of drug-likeness (QED) is 0.658. The second-order valence-electron chi connectivity index (χ2n) is 4.84. The van der Waals surface area contributed by atoms with Gasteiger partial charge < -0.3 is 10.2 Å². The Hall–Kier alpha value is -2.62. The molecule has 1 amide bonds. The Morgan fingerprint density at radius 3 is 2.41 bits per heavy atom. The number of carbonyl (C=O) groups is 1. The SMILES string of the molecule is CNC(=O)/C(=N\OC)c1ccccc1CCc1ccccc1. The van der Waals surface area contributed by atoms with E-state index >= 15 is 0 Å². The number of oxime groups is 1. The molecule has 4 nitrogen and oxygen atoms in total. The molecule has 0 aliphatic carbocycles. The number of nitrogens with zero attached hydrogens (tertiary/aromatic N) is 1. The summed E-state index contributed by atoms with van der Waals surface area (Å²) in [7, 11) is 3.02. The molecule has 0 saturated heterocycles. The minimum Gasteiger partial charge on any atom is -0.398 e. The first-order chi connectivity index (χ1) is 10.8. The van der Waals surface area contributed by atoms with Crippen LogP contribution < -0.4 is 5.32 Å². The highest BCUT2D eigenvalue weighted by Crippen LogP contribution is 2.14. The average Bonchev–Trinajstić information content (AvgIpc) is 2.58. The largest absolute Gasteiger partial charge is 0.398 e. The molecule has 0 radical (unpaired) electrons. The lowest BCUT2D eigenvalue weighted by atomic mass is 9.97. The third kappa shape index (κ3) is 3.95. The molecule has 0 saturated carbocycles. The smallest absolute Gasteiger partial charge is 0.273 e. The zero-order valence-electron chi connectivity index (χ0n) is 12.9. The molecule has 0 spiro atoms. The first-order valence-corrected chi connectivity index (χ1v) is 7.21. The van der Waals surface area contributed by atoms with Gasteiger partial charge in [-0.05, 0) is 24.0 Å². The van der Waals surface area contributed by atoms with Gasteiger partial charge in [-0.15, -0.1) is 0 Å². The molecular formula is C18H20N2O2. The Kier molecular flexibility index (Phi) is 5.72. The van der Waals surface area contributed by atoms with Crippen molar-refractivity contribution in [3.8, 4) is 0 Å². The van der Waals surface area contributed by atoms with Crippen LogP contribution in [0, 0.1) is 0 Å². The molecule has 0 aliphatic rings. The van der Waals surface area contributed by atoms with E-state index in [-0.39, 0.29) is 5.91 Å². The minimum atomic E-state index is -0.256. The number of benzene rings is 2. The summed E-state index contributed by atoms with van der Waals surface area (Å²) in [6.07, 6.45) is 1.74. The van der Waals surface area contributed by atoms with Gasteiger partial charge >= 0.3 is 0 Å². The molecule has 0 fully saturated rings. The van der Waals surface area contributed by atoms with Crippen molar-refractivity contribution >= 4 is 11.6 Å². The van der Waals surface area contributed by atoms with Crippen LogP contribution in [0.4, 0.5) is 0 Å². The Bertz CT molecular complexity index is 651. The van der Waals surface area contributed by atoms with Crippen molar-refractivity contribution in [2.75, 3.05) is 14.2 Å². The molecule has 22 heavy (non-hydrogen) atoms. The Morgan fingerprint density at radius 2 is 1.73 bits per heavy atom. The van der Waals surface area contributed by atoms with E-state index in [1.165, 1.54) is 12.7 Å². The zero-order chi connectivity index (χ0) is 15.8. The van der Waals surface area contributed by atoms with E-state index in [2.05, 4.69) is 22.6 Å². The molecular weight excluding hydrogens is 276 g/mol. The van der Waals surface area contributed by atoms with Crippen LogP contribution in [0.1, 0.15) is 16.7 Å². The van der Waals surface area contributed by atoms with Crippen LogP contribution >= 0.6 is 0 Å². The lowest BCUT2D eigenvalue weighted by Gasteiger charge is -2.11. The molecule has 0 aliphatic heterocycles. The molecule has 2 aromatic rings. The van der Waals surface area contributed by atoms with Gasteiger partial charge in [-0.25, -0.2) is 0 Å². The third-order valence-corrected chi connectivity index (χ3v) is 3.42. The van der Waals surface area contributed by atoms with Gasteiger partial charge in [0.1, 0.15) is 7.11 Å². The van der Waals surface area contributed by atoms with Crippen LogP contribution in [-0.4, -0.2) is 25.8 Å². The van der Waals surface area contributed by atoms with Gasteiger partial charge in [-0.1, -0.05) is 59.8 Å². The van der Waals surface area contributed by atoms with Crippen molar-refractivity contribution < 1.29 is 9.63 Å². The van der Waals surface area contributed by atoms with Crippen molar-refractivity contribution in [3.63, 3.8) is 0 Å². The molecule has 114 valence electrons. The summed E-state index contributed by atoms with van der Waals surface area (Å²) in [4.78, 5) is 16.8. The topological polar surface area (TPSA) is 50.7 Å². The normalized spacial score (nSPS) is 11.1. The van der Waals surface area contributed by atoms with E-state index in [9.17, 15) is 4.79 Å². The fraction of sp³-hybridized carbons (Fsp3) is 0.222. The number of carbonyl (C=O) groups excluding carboxylic acids is 1. The summed E-state index contributed by atoms with van der Waals surface area (Å²) in [5, 5.41) is 6.49. The predicted octanol–water partition coefficient (Wildman–Crippen LogP) is 2.57. The highest BCUT2D eigenvalue weighted by atomic mass is 16.6. The van der Waals surface area contributed by atoms with Crippen molar-refractivity contribution in [1.29, 1.82) is 0 Å². The predicted molar refractivity (Wildman–Crippen MR) is 87.9 cm³/mol. The summed E-state index contributed by atoms with van der Waals surface area (Å²) in [6, 6.07) is 18.1. The van der Waals surface area contributed by atoms with Gasteiger partial charge in [-0.2, -0.15) is 0 Å². The van der Waals surface area contributed by atoms with E-state index in [4.69, 9.17) is 4.84 Å². The lowest BCUT2D eigenvalue weighted by molar-refractivity contribution is -0.114. The maximum Gasteiger partial charge on any atom is 0.273 e. The number of rotatable bonds is 6.